The van der Waals surface area contributed by atoms with Gasteiger partial charge in [-0.1, -0.05) is 287 Å². The Bertz CT molecular complexity index is 1750. The number of esters is 4. The van der Waals surface area contributed by atoms with Crippen LogP contribution in [-0.4, -0.2) is 96.7 Å². The third-order valence-corrected chi connectivity index (χ3v) is 18.4. The van der Waals surface area contributed by atoms with Crippen LogP contribution < -0.4 is 0 Å². The van der Waals surface area contributed by atoms with E-state index in [0.29, 0.717) is 37.5 Å². The van der Waals surface area contributed by atoms with Crippen molar-refractivity contribution in [2.75, 3.05) is 39.6 Å². The molecule has 0 heterocycles. The number of carbonyl (C=O) groups excluding carboxylic acids is 4. The van der Waals surface area contributed by atoms with E-state index in [1.807, 2.05) is 0 Å². The van der Waals surface area contributed by atoms with Gasteiger partial charge in [0.2, 0.25) is 0 Å². The fraction of sp³-hybridized carbons (Fsp3) is 0.942. The Morgan fingerprint density at radius 2 is 0.545 bits per heavy atom. The molecule has 7 atom stereocenters. The highest BCUT2D eigenvalue weighted by atomic mass is 31.2. The van der Waals surface area contributed by atoms with Crippen molar-refractivity contribution < 1.29 is 80.2 Å². The highest BCUT2D eigenvalue weighted by molar-refractivity contribution is 7.47. The first-order valence-corrected chi connectivity index (χ1v) is 38.8. The van der Waals surface area contributed by atoms with Crippen LogP contribution in [0.15, 0.2) is 0 Å². The summed E-state index contributed by atoms with van der Waals surface area (Å²) in [5.74, 6) is 0.830. The molecule has 0 aliphatic heterocycles. The van der Waals surface area contributed by atoms with Crippen molar-refractivity contribution in [1.82, 2.24) is 0 Å². The zero-order valence-electron chi connectivity index (χ0n) is 57.3. The molecule has 522 valence electrons. The molecular formula is C69H134O17P2. The molecule has 88 heavy (non-hydrogen) atoms. The second kappa shape index (κ2) is 58.8. The minimum absolute atomic E-state index is 0.102. The highest BCUT2D eigenvalue weighted by Crippen LogP contribution is 2.45. The van der Waals surface area contributed by atoms with Gasteiger partial charge in [-0.2, -0.15) is 0 Å². The third-order valence-electron chi connectivity index (χ3n) is 16.5. The van der Waals surface area contributed by atoms with Gasteiger partial charge in [0, 0.05) is 25.7 Å². The van der Waals surface area contributed by atoms with Gasteiger partial charge in [-0.15, -0.1) is 0 Å². The molecule has 19 heteroatoms. The molecule has 0 saturated heterocycles. The predicted molar refractivity (Wildman–Crippen MR) is 354 cm³/mol. The van der Waals surface area contributed by atoms with Crippen molar-refractivity contribution in [2.24, 2.45) is 23.7 Å². The van der Waals surface area contributed by atoms with Crippen LogP contribution in [-0.2, 0) is 65.4 Å². The first kappa shape index (κ1) is 86.1. The maximum absolute atomic E-state index is 13.0. The Hall–Kier alpha value is -1.94. The summed E-state index contributed by atoms with van der Waals surface area (Å²) >= 11 is 0. The molecule has 0 radical (unpaired) electrons. The SMILES string of the molecule is CCC(C)CCCCCCCCCCCCCCCCC(=O)OC[C@H](COP(=O)(O)OC[C@@H](O)COP(=O)(O)OC[C@@H](COC(=O)CCCCCCCCC(C)C)OC(=O)CCCCCCCCCCC(C)CC)OC(=O)CCCCCCCCC(C)C. The number of aliphatic hydroxyl groups excluding tert-OH is 1. The molecule has 17 nitrogen and oxygen atoms in total. The monoisotopic (exact) mass is 1300 g/mol. The molecule has 0 bridgehead atoms. The van der Waals surface area contributed by atoms with Crippen LogP contribution in [0.3, 0.4) is 0 Å². The zero-order chi connectivity index (χ0) is 65.4. The topological polar surface area (TPSA) is 237 Å². The number of phosphoric acid groups is 2. The number of phosphoric ester groups is 2. The number of rotatable bonds is 66. The average molecular weight is 1300 g/mol. The van der Waals surface area contributed by atoms with E-state index < -0.39 is 97.5 Å². The van der Waals surface area contributed by atoms with Gasteiger partial charge in [0.25, 0.3) is 0 Å². The van der Waals surface area contributed by atoms with E-state index in [0.717, 1.165) is 108 Å². The third kappa shape index (κ3) is 60.3. The van der Waals surface area contributed by atoms with Crippen LogP contribution in [0.25, 0.3) is 0 Å². The number of hydrogen-bond donors (Lipinski definition) is 3. The summed E-state index contributed by atoms with van der Waals surface area (Å²) in [6, 6.07) is 0. The van der Waals surface area contributed by atoms with E-state index in [-0.39, 0.29) is 25.7 Å². The molecule has 0 amide bonds. The molecule has 0 fully saturated rings. The van der Waals surface area contributed by atoms with Crippen molar-refractivity contribution in [3.63, 3.8) is 0 Å². The first-order valence-electron chi connectivity index (χ1n) is 35.8. The van der Waals surface area contributed by atoms with Crippen LogP contribution in [0.2, 0.25) is 0 Å². The zero-order valence-corrected chi connectivity index (χ0v) is 59.1. The van der Waals surface area contributed by atoms with Crippen LogP contribution in [0.1, 0.15) is 338 Å². The average Bonchev–Trinajstić information content (AvgIpc) is 3.70. The number of unbranched alkanes of at least 4 members (excludes halogenated alkanes) is 30. The first-order chi connectivity index (χ1) is 42.2. The van der Waals surface area contributed by atoms with Gasteiger partial charge >= 0.3 is 39.5 Å². The highest BCUT2D eigenvalue weighted by Gasteiger charge is 2.30. The lowest BCUT2D eigenvalue weighted by Crippen LogP contribution is -2.30. The summed E-state index contributed by atoms with van der Waals surface area (Å²) in [4.78, 5) is 72.4. The molecule has 0 spiro atoms. The Morgan fingerprint density at radius 1 is 0.318 bits per heavy atom. The van der Waals surface area contributed by atoms with E-state index in [1.165, 1.54) is 135 Å². The van der Waals surface area contributed by atoms with Crippen LogP contribution >= 0.6 is 15.6 Å². The molecule has 0 saturated carbocycles. The van der Waals surface area contributed by atoms with Crippen LogP contribution in [0, 0.1) is 23.7 Å². The summed E-state index contributed by atoms with van der Waals surface area (Å²) in [6.07, 6.45) is 40.6. The largest absolute Gasteiger partial charge is 0.472 e. The van der Waals surface area contributed by atoms with Crippen molar-refractivity contribution in [2.45, 2.75) is 356 Å². The number of hydrogen-bond acceptors (Lipinski definition) is 15. The lowest BCUT2D eigenvalue weighted by Gasteiger charge is -2.21. The van der Waals surface area contributed by atoms with E-state index in [1.54, 1.807) is 0 Å². The minimum Gasteiger partial charge on any atom is -0.462 e. The van der Waals surface area contributed by atoms with E-state index in [9.17, 15) is 43.2 Å². The number of carbonyl (C=O) groups is 4. The molecule has 0 aliphatic carbocycles. The molecule has 0 aliphatic rings. The van der Waals surface area contributed by atoms with Crippen molar-refractivity contribution in [3.8, 4) is 0 Å². The quantitative estimate of drug-likeness (QED) is 0.0222. The molecule has 0 aromatic rings. The minimum atomic E-state index is -4.95. The van der Waals surface area contributed by atoms with Gasteiger partial charge in [0.05, 0.1) is 26.4 Å². The Kier molecular flexibility index (Phi) is 57.6. The van der Waals surface area contributed by atoms with Crippen LogP contribution in [0.4, 0.5) is 0 Å². The van der Waals surface area contributed by atoms with Gasteiger partial charge < -0.3 is 33.8 Å². The Labute approximate surface area is 537 Å². The molecule has 0 aromatic heterocycles. The Morgan fingerprint density at radius 3 is 0.807 bits per heavy atom. The normalized spacial score (nSPS) is 14.9. The van der Waals surface area contributed by atoms with E-state index >= 15 is 0 Å². The summed E-state index contributed by atoms with van der Waals surface area (Å²) in [5.41, 5.74) is 0. The second-order valence-corrected chi connectivity index (χ2v) is 29.3. The van der Waals surface area contributed by atoms with Gasteiger partial charge in [-0.3, -0.25) is 37.3 Å². The lowest BCUT2D eigenvalue weighted by molar-refractivity contribution is -0.161. The maximum atomic E-state index is 13.0. The van der Waals surface area contributed by atoms with Gasteiger partial charge in [0.15, 0.2) is 12.2 Å². The lowest BCUT2D eigenvalue weighted by atomic mass is 9.99. The van der Waals surface area contributed by atoms with E-state index in [4.69, 9.17) is 37.0 Å². The van der Waals surface area contributed by atoms with Crippen molar-refractivity contribution >= 4 is 39.5 Å². The second-order valence-electron chi connectivity index (χ2n) is 26.4. The number of aliphatic hydroxyl groups is 1. The fourth-order valence-corrected chi connectivity index (χ4v) is 11.8. The maximum Gasteiger partial charge on any atom is 0.472 e. The smallest absolute Gasteiger partial charge is 0.462 e. The van der Waals surface area contributed by atoms with E-state index in [2.05, 4.69) is 55.4 Å². The van der Waals surface area contributed by atoms with Crippen molar-refractivity contribution in [3.05, 3.63) is 0 Å². The molecule has 0 aromatic carbocycles. The summed E-state index contributed by atoms with van der Waals surface area (Å²) in [7, 11) is -9.90. The number of ether oxygens (including phenoxy) is 4. The summed E-state index contributed by atoms with van der Waals surface area (Å²) < 4.78 is 68.1. The summed E-state index contributed by atoms with van der Waals surface area (Å²) in [6.45, 7) is 14.0. The van der Waals surface area contributed by atoms with Crippen LogP contribution in [0.5, 0.6) is 0 Å². The molecular weight excluding hydrogens is 1160 g/mol. The Balaban J connectivity index is 5.17. The standard InChI is InChI=1S/C69H134O17P2/c1-9-61(7)47-39-31-21-17-15-13-11-12-14-16-18-23-33-41-49-66(71)79-55-65(86-69(74)52-44-36-28-26-30-38-46-60(5)6)58-84-88(77,78)82-54-63(70)53-81-87(75,76)83-57-64(56-80-67(72)50-42-34-27-25-29-37-45-59(3)4)85-68(73)51-43-35-24-20-19-22-32-40-48-62(8)10-2/h59-65,70H,9-58H2,1-8H3,(H,75,76)(H,77,78)/t61?,62?,63-,64+,65+/m0/s1. The molecule has 3 N–H and O–H groups in total. The molecule has 4 unspecified atom stereocenters. The fourth-order valence-electron chi connectivity index (χ4n) is 10.2. The van der Waals surface area contributed by atoms with Gasteiger partial charge in [-0.25, -0.2) is 9.13 Å². The molecule has 0 rings (SSSR count). The summed E-state index contributed by atoms with van der Waals surface area (Å²) in [5, 5.41) is 10.6. The van der Waals surface area contributed by atoms with Gasteiger partial charge in [0.1, 0.15) is 19.3 Å². The van der Waals surface area contributed by atoms with Gasteiger partial charge in [-0.05, 0) is 49.4 Å². The predicted octanol–water partition coefficient (Wildman–Crippen LogP) is 19.3. The van der Waals surface area contributed by atoms with Crippen molar-refractivity contribution in [1.29, 1.82) is 0 Å².